The van der Waals surface area contributed by atoms with Crippen LogP contribution in [0.1, 0.15) is 418 Å². The molecule has 0 aromatic carbocycles. The summed E-state index contributed by atoms with van der Waals surface area (Å²) in [4.78, 5) is 24.7. The lowest BCUT2D eigenvalue weighted by Crippen LogP contribution is -2.45. The van der Waals surface area contributed by atoms with Crippen LogP contribution in [0.15, 0.2) is 24.3 Å². The number of ether oxygens (including phenoxy) is 1. The number of allylic oxidation sites excluding steroid dienone is 4. The van der Waals surface area contributed by atoms with Crippen molar-refractivity contribution in [3.63, 3.8) is 0 Å². The predicted octanol–water partition coefficient (Wildman–Crippen LogP) is 24.1. The van der Waals surface area contributed by atoms with E-state index in [1.807, 2.05) is 0 Å². The van der Waals surface area contributed by atoms with Gasteiger partial charge in [-0.25, -0.2) is 0 Å². The zero-order valence-corrected chi connectivity index (χ0v) is 55.0. The smallest absolute Gasteiger partial charge is 0.305 e. The molecule has 0 bridgehead atoms. The summed E-state index contributed by atoms with van der Waals surface area (Å²) in [5, 5.41) is 23.5. The molecule has 480 valence electrons. The number of carbonyl (C=O) groups excluding carboxylic acids is 2. The van der Waals surface area contributed by atoms with Gasteiger partial charge in [0.2, 0.25) is 5.91 Å². The van der Waals surface area contributed by atoms with Crippen molar-refractivity contribution in [3.8, 4) is 0 Å². The molecule has 0 aliphatic rings. The van der Waals surface area contributed by atoms with Crippen molar-refractivity contribution in [1.29, 1.82) is 0 Å². The summed E-state index contributed by atoms with van der Waals surface area (Å²) < 4.78 is 5.50. The Morgan fingerprint density at radius 2 is 0.580 bits per heavy atom. The molecule has 81 heavy (non-hydrogen) atoms. The third-order valence-corrected chi connectivity index (χ3v) is 17.5. The second-order valence-corrected chi connectivity index (χ2v) is 25.6. The number of hydrogen-bond acceptors (Lipinski definition) is 5. The first-order valence-corrected chi connectivity index (χ1v) is 37.1. The topological polar surface area (TPSA) is 95.9 Å². The molecule has 6 nitrogen and oxygen atoms in total. The van der Waals surface area contributed by atoms with Gasteiger partial charge in [-0.05, 0) is 77.0 Å². The van der Waals surface area contributed by atoms with Gasteiger partial charge in [0.15, 0.2) is 0 Å². The Balaban J connectivity index is 3.40. The summed E-state index contributed by atoms with van der Waals surface area (Å²) in [6, 6.07) is -0.548. The molecule has 3 N–H and O–H groups in total. The first kappa shape index (κ1) is 79.3. The van der Waals surface area contributed by atoms with Crippen LogP contribution in [0, 0.1) is 0 Å². The van der Waals surface area contributed by atoms with Crippen LogP contribution in [0.2, 0.25) is 0 Å². The zero-order valence-electron chi connectivity index (χ0n) is 55.0. The zero-order chi connectivity index (χ0) is 58.5. The highest BCUT2D eigenvalue weighted by Gasteiger charge is 2.20. The van der Waals surface area contributed by atoms with E-state index in [0.29, 0.717) is 25.9 Å². The molecule has 2 unspecified atom stereocenters. The molecule has 0 heterocycles. The minimum atomic E-state index is -0.670. The summed E-state index contributed by atoms with van der Waals surface area (Å²) in [6.45, 7) is 4.98. The van der Waals surface area contributed by atoms with Crippen LogP contribution in [0.5, 0.6) is 0 Å². The van der Waals surface area contributed by atoms with Crippen LogP contribution in [-0.4, -0.2) is 47.4 Å². The highest BCUT2D eigenvalue weighted by Crippen LogP contribution is 2.19. The normalized spacial score (nSPS) is 12.6. The molecule has 0 radical (unpaired) electrons. The van der Waals surface area contributed by atoms with Crippen molar-refractivity contribution in [2.75, 3.05) is 13.2 Å². The van der Waals surface area contributed by atoms with Gasteiger partial charge in [-0.2, -0.15) is 0 Å². The van der Waals surface area contributed by atoms with Crippen molar-refractivity contribution >= 4 is 11.9 Å². The van der Waals surface area contributed by atoms with Crippen LogP contribution in [0.25, 0.3) is 0 Å². The Labute approximate surface area is 507 Å². The van der Waals surface area contributed by atoms with Crippen LogP contribution in [-0.2, 0) is 14.3 Å². The van der Waals surface area contributed by atoms with Crippen LogP contribution < -0.4 is 5.32 Å². The summed E-state index contributed by atoms with van der Waals surface area (Å²) >= 11 is 0. The van der Waals surface area contributed by atoms with E-state index in [0.717, 1.165) is 44.9 Å². The number of unbranched alkanes of at least 4 members (excludes halogenated alkanes) is 55. The maximum absolute atomic E-state index is 12.6. The van der Waals surface area contributed by atoms with Gasteiger partial charge < -0.3 is 20.3 Å². The summed E-state index contributed by atoms with van der Waals surface area (Å²) in [5.74, 6) is -0.0291. The number of hydrogen-bond donors (Lipinski definition) is 3. The third kappa shape index (κ3) is 67.3. The fraction of sp³-hybridized carbons (Fsp3) is 0.920. The average molecular weight is 1140 g/mol. The summed E-state index contributed by atoms with van der Waals surface area (Å²) in [5.41, 5.74) is 0. The Kier molecular flexibility index (Phi) is 69.4. The lowest BCUT2D eigenvalue weighted by atomic mass is 10.0. The number of aliphatic hydroxyl groups is 2. The van der Waals surface area contributed by atoms with E-state index in [9.17, 15) is 19.8 Å². The van der Waals surface area contributed by atoms with Gasteiger partial charge >= 0.3 is 5.97 Å². The standard InChI is InChI=1S/C75H145NO5/c1-3-5-7-9-11-13-15-17-19-21-22-23-24-25-26-29-32-36-39-43-47-51-55-59-63-67-73(78)72(71-77)76-74(79)68-64-60-56-52-48-44-40-37-33-30-27-28-31-34-38-42-46-50-54-58-62-66-70-81-75(80)69-65-61-57-53-49-45-41-35-20-18-16-14-12-10-8-6-4-2/h18,20,30,33,72-73,77-78H,3-17,19,21-29,31-32,34-71H2,1-2H3,(H,76,79)/b20-18-,33-30-. The predicted molar refractivity (Wildman–Crippen MR) is 356 cm³/mol. The molecule has 1 amide bonds. The van der Waals surface area contributed by atoms with Gasteiger partial charge in [0.25, 0.3) is 0 Å². The van der Waals surface area contributed by atoms with E-state index in [1.165, 1.54) is 340 Å². The molecule has 0 fully saturated rings. The fourth-order valence-corrected chi connectivity index (χ4v) is 11.8. The Morgan fingerprint density at radius 3 is 0.877 bits per heavy atom. The Morgan fingerprint density at radius 1 is 0.333 bits per heavy atom. The number of carbonyl (C=O) groups is 2. The van der Waals surface area contributed by atoms with E-state index in [2.05, 4.69) is 43.5 Å². The van der Waals surface area contributed by atoms with Gasteiger partial charge in [0.05, 0.1) is 25.4 Å². The van der Waals surface area contributed by atoms with Crippen molar-refractivity contribution in [2.45, 2.75) is 431 Å². The van der Waals surface area contributed by atoms with Gasteiger partial charge in [-0.3, -0.25) is 9.59 Å². The monoisotopic (exact) mass is 1140 g/mol. The number of aliphatic hydroxyl groups excluding tert-OH is 2. The molecule has 6 heteroatoms. The molecule has 0 aliphatic heterocycles. The lowest BCUT2D eigenvalue weighted by molar-refractivity contribution is -0.143. The molecule has 0 saturated heterocycles. The quantitative estimate of drug-likeness (QED) is 0.0320. The largest absolute Gasteiger partial charge is 0.466 e. The van der Waals surface area contributed by atoms with E-state index < -0.39 is 12.1 Å². The Hall–Kier alpha value is -1.66. The average Bonchev–Trinajstić information content (AvgIpc) is 3.47. The molecular weight excluding hydrogens is 995 g/mol. The maximum Gasteiger partial charge on any atom is 0.305 e. The second-order valence-electron chi connectivity index (χ2n) is 25.6. The third-order valence-electron chi connectivity index (χ3n) is 17.5. The van der Waals surface area contributed by atoms with E-state index in [1.54, 1.807) is 0 Å². The molecular formula is C75H145NO5. The van der Waals surface area contributed by atoms with Gasteiger partial charge in [0.1, 0.15) is 0 Å². The first-order valence-electron chi connectivity index (χ1n) is 37.1. The van der Waals surface area contributed by atoms with Gasteiger partial charge in [0, 0.05) is 12.8 Å². The van der Waals surface area contributed by atoms with Crippen molar-refractivity contribution in [2.24, 2.45) is 0 Å². The van der Waals surface area contributed by atoms with Crippen LogP contribution >= 0.6 is 0 Å². The highest BCUT2D eigenvalue weighted by atomic mass is 16.5. The molecule has 0 rings (SSSR count). The van der Waals surface area contributed by atoms with Crippen molar-refractivity contribution < 1.29 is 24.5 Å². The van der Waals surface area contributed by atoms with E-state index in [4.69, 9.17) is 4.74 Å². The summed E-state index contributed by atoms with van der Waals surface area (Å²) in [7, 11) is 0. The molecule has 0 aromatic rings. The maximum atomic E-state index is 12.6. The Bertz CT molecular complexity index is 1270. The molecule has 0 spiro atoms. The van der Waals surface area contributed by atoms with Gasteiger partial charge in [-0.1, -0.05) is 353 Å². The van der Waals surface area contributed by atoms with Crippen molar-refractivity contribution in [3.05, 3.63) is 24.3 Å². The van der Waals surface area contributed by atoms with Crippen LogP contribution in [0.3, 0.4) is 0 Å². The fourth-order valence-electron chi connectivity index (χ4n) is 11.8. The minimum Gasteiger partial charge on any atom is -0.466 e. The van der Waals surface area contributed by atoms with Crippen molar-refractivity contribution in [1.82, 2.24) is 5.32 Å². The number of nitrogens with one attached hydrogen (secondary N) is 1. The number of amides is 1. The van der Waals surface area contributed by atoms with E-state index >= 15 is 0 Å². The van der Waals surface area contributed by atoms with Crippen LogP contribution in [0.4, 0.5) is 0 Å². The molecule has 0 saturated carbocycles. The molecule has 2 atom stereocenters. The molecule has 0 aromatic heterocycles. The van der Waals surface area contributed by atoms with Gasteiger partial charge in [-0.15, -0.1) is 0 Å². The SMILES string of the molecule is CCCCCCCC/C=C\CCCCCCCCCC(=O)OCCCCCCCCCCCCC/C=C\CCCCCCCCCC(=O)NC(CO)C(O)CCCCCCCCCCCCCCCCCCCCCCCCCCC. The minimum absolute atomic E-state index is 0.00784. The molecule has 0 aliphatic carbocycles. The highest BCUT2D eigenvalue weighted by molar-refractivity contribution is 5.76. The van der Waals surface area contributed by atoms with E-state index in [-0.39, 0.29) is 18.5 Å². The lowest BCUT2D eigenvalue weighted by Gasteiger charge is -2.22. The summed E-state index contributed by atoms with van der Waals surface area (Å²) in [6.07, 6.45) is 89.5. The number of rotatable bonds is 70. The first-order chi connectivity index (χ1) is 40.0. The second kappa shape index (κ2) is 70.8. The number of esters is 1.